The Morgan fingerprint density at radius 3 is 2.72 bits per heavy atom. The van der Waals surface area contributed by atoms with Crippen molar-refractivity contribution in [2.75, 3.05) is 24.5 Å². The quantitative estimate of drug-likeness (QED) is 0.875. The van der Waals surface area contributed by atoms with Gasteiger partial charge in [-0.05, 0) is 43.0 Å². The van der Waals surface area contributed by atoms with Gasteiger partial charge in [-0.3, -0.25) is 9.80 Å². The molecule has 1 saturated heterocycles. The third kappa shape index (κ3) is 3.84. The van der Waals surface area contributed by atoms with Crippen LogP contribution in [0.1, 0.15) is 23.3 Å². The minimum Gasteiger partial charge on any atom is -0.335 e. The van der Waals surface area contributed by atoms with E-state index in [1.54, 1.807) is 11.3 Å². The Hall–Kier alpha value is -1.56. The fraction of sp³-hybridized carbons (Fsp3) is 0.421. The number of carbonyl (C=O) groups is 1. The molecule has 0 bridgehead atoms. The largest absolute Gasteiger partial charge is 0.335 e. The van der Waals surface area contributed by atoms with E-state index in [1.165, 1.54) is 10.4 Å². The van der Waals surface area contributed by atoms with Crippen molar-refractivity contribution in [3.05, 3.63) is 51.2 Å². The third-order valence-electron chi connectivity index (χ3n) is 5.06. The van der Waals surface area contributed by atoms with E-state index >= 15 is 0 Å². The number of thiophene rings is 1. The van der Waals surface area contributed by atoms with Gasteiger partial charge in [-0.15, -0.1) is 11.3 Å². The second kappa shape index (κ2) is 7.36. The molecule has 0 spiro atoms. The summed E-state index contributed by atoms with van der Waals surface area (Å²) in [6, 6.07) is 12.6. The van der Waals surface area contributed by atoms with E-state index in [1.807, 2.05) is 29.2 Å². The first-order valence-electron chi connectivity index (χ1n) is 8.81. The molecule has 4 rings (SSSR count). The highest BCUT2D eigenvalue weighted by molar-refractivity contribution is 7.16. The lowest BCUT2D eigenvalue weighted by molar-refractivity contribution is 0.189. The fourth-order valence-corrected chi connectivity index (χ4v) is 4.82. The number of carbonyl (C=O) groups excluding carboxylic acids is 1. The number of nitrogens with zero attached hydrogens (tertiary/aromatic N) is 2. The normalized spacial score (nSPS) is 18.4. The van der Waals surface area contributed by atoms with Crippen molar-refractivity contribution in [2.24, 2.45) is 0 Å². The van der Waals surface area contributed by atoms with Crippen molar-refractivity contribution in [3.63, 3.8) is 0 Å². The molecule has 0 unspecified atom stereocenters. The van der Waals surface area contributed by atoms with Crippen LogP contribution < -0.4 is 10.2 Å². The predicted octanol–water partition coefficient (Wildman–Crippen LogP) is 4.14. The van der Waals surface area contributed by atoms with Gasteiger partial charge in [0.05, 0.1) is 4.34 Å². The molecule has 1 aromatic heterocycles. The first-order valence-corrected chi connectivity index (χ1v) is 10.0. The Labute approximate surface area is 157 Å². The number of benzene rings is 1. The lowest BCUT2D eigenvalue weighted by atomic mass is 10.1. The maximum absolute atomic E-state index is 12.6. The Morgan fingerprint density at radius 2 is 1.96 bits per heavy atom. The van der Waals surface area contributed by atoms with Crippen LogP contribution in [0, 0.1) is 0 Å². The molecule has 25 heavy (non-hydrogen) atoms. The minimum absolute atomic E-state index is 0.0495. The lowest BCUT2D eigenvalue weighted by Crippen LogP contribution is -2.48. The molecule has 132 valence electrons. The molecule has 2 aromatic rings. The number of hydrogen-bond donors (Lipinski definition) is 1. The van der Waals surface area contributed by atoms with Crippen LogP contribution in [0.5, 0.6) is 0 Å². The number of piperidine rings is 1. The molecule has 2 aliphatic heterocycles. The molecule has 2 aliphatic rings. The number of fused-ring (bicyclic) bond motifs is 1. The Bertz CT molecular complexity index is 755. The van der Waals surface area contributed by atoms with Gasteiger partial charge < -0.3 is 5.32 Å². The van der Waals surface area contributed by atoms with Crippen LogP contribution in [-0.2, 0) is 13.0 Å². The molecule has 3 heterocycles. The van der Waals surface area contributed by atoms with Crippen LogP contribution in [0.3, 0.4) is 0 Å². The molecule has 2 amide bonds. The van der Waals surface area contributed by atoms with Crippen molar-refractivity contribution in [1.82, 2.24) is 10.2 Å². The highest BCUT2D eigenvalue weighted by Crippen LogP contribution is 2.28. The zero-order valence-corrected chi connectivity index (χ0v) is 15.7. The third-order valence-corrected chi connectivity index (χ3v) is 6.27. The summed E-state index contributed by atoms with van der Waals surface area (Å²) >= 11 is 7.66. The molecule has 0 atom stereocenters. The number of halogens is 1. The summed E-state index contributed by atoms with van der Waals surface area (Å²) in [7, 11) is 0. The summed E-state index contributed by atoms with van der Waals surface area (Å²) in [5.74, 6) is 0. The van der Waals surface area contributed by atoms with Crippen molar-refractivity contribution < 1.29 is 4.79 Å². The van der Waals surface area contributed by atoms with Crippen LogP contribution in [0.2, 0.25) is 4.34 Å². The van der Waals surface area contributed by atoms with Gasteiger partial charge in [-0.25, -0.2) is 4.79 Å². The van der Waals surface area contributed by atoms with Gasteiger partial charge in [0, 0.05) is 42.8 Å². The van der Waals surface area contributed by atoms with E-state index in [2.05, 4.69) is 22.3 Å². The van der Waals surface area contributed by atoms with Gasteiger partial charge in [-0.2, -0.15) is 0 Å². The maximum atomic E-state index is 12.6. The van der Waals surface area contributed by atoms with Gasteiger partial charge in [0.1, 0.15) is 0 Å². The zero-order valence-electron chi connectivity index (χ0n) is 14.1. The molecule has 1 fully saturated rings. The summed E-state index contributed by atoms with van der Waals surface area (Å²) in [6.45, 7) is 3.76. The Kier molecular flexibility index (Phi) is 4.97. The zero-order chi connectivity index (χ0) is 17.2. The average Bonchev–Trinajstić information content (AvgIpc) is 3.23. The van der Waals surface area contributed by atoms with E-state index in [0.717, 1.165) is 55.5 Å². The minimum atomic E-state index is 0.0495. The van der Waals surface area contributed by atoms with Gasteiger partial charge in [0.25, 0.3) is 0 Å². The number of para-hydroxylation sites is 1. The van der Waals surface area contributed by atoms with E-state index in [0.29, 0.717) is 0 Å². The Balaban J connectivity index is 1.28. The number of nitrogens with one attached hydrogen (secondary N) is 1. The van der Waals surface area contributed by atoms with E-state index in [4.69, 9.17) is 11.6 Å². The standard InChI is InChI=1S/C19H22ClN3OS/c20-18-6-5-16(25-18)13-22-10-8-15(9-11-22)21-19(24)23-12-7-14-3-1-2-4-17(14)23/h1-6,15H,7-13H2,(H,21,24). The van der Waals surface area contributed by atoms with Crippen LogP contribution >= 0.6 is 22.9 Å². The van der Waals surface area contributed by atoms with Gasteiger partial charge in [-0.1, -0.05) is 29.8 Å². The summed E-state index contributed by atoms with van der Waals surface area (Å²) in [5, 5.41) is 3.23. The maximum Gasteiger partial charge on any atom is 0.322 e. The summed E-state index contributed by atoms with van der Waals surface area (Å²) < 4.78 is 0.850. The lowest BCUT2D eigenvalue weighted by Gasteiger charge is -2.33. The van der Waals surface area contributed by atoms with Crippen molar-refractivity contribution in [1.29, 1.82) is 0 Å². The molecule has 0 radical (unpaired) electrons. The highest BCUT2D eigenvalue weighted by atomic mass is 35.5. The van der Waals surface area contributed by atoms with Crippen LogP contribution in [0.4, 0.5) is 10.5 Å². The van der Waals surface area contributed by atoms with E-state index in [9.17, 15) is 4.79 Å². The molecular weight excluding hydrogens is 354 g/mol. The first-order chi connectivity index (χ1) is 12.2. The summed E-state index contributed by atoms with van der Waals surface area (Å²) in [4.78, 5) is 18.3. The van der Waals surface area contributed by atoms with Crippen LogP contribution in [0.15, 0.2) is 36.4 Å². The predicted molar refractivity (Wildman–Crippen MR) is 104 cm³/mol. The Morgan fingerprint density at radius 1 is 1.16 bits per heavy atom. The van der Waals surface area contributed by atoms with Gasteiger partial charge >= 0.3 is 6.03 Å². The second-order valence-corrected chi connectivity index (χ2v) is 8.54. The summed E-state index contributed by atoms with van der Waals surface area (Å²) in [5.41, 5.74) is 2.33. The van der Waals surface area contributed by atoms with Gasteiger partial charge in [0.2, 0.25) is 0 Å². The smallest absolute Gasteiger partial charge is 0.322 e. The van der Waals surface area contributed by atoms with Crippen molar-refractivity contribution in [3.8, 4) is 0 Å². The molecule has 6 heteroatoms. The monoisotopic (exact) mass is 375 g/mol. The van der Waals surface area contributed by atoms with Crippen LogP contribution in [-0.4, -0.2) is 36.6 Å². The number of hydrogen-bond acceptors (Lipinski definition) is 3. The summed E-state index contributed by atoms with van der Waals surface area (Å²) in [6.07, 6.45) is 2.95. The number of likely N-dealkylation sites (tertiary alicyclic amines) is 1. The van der Waals surface area contributed by atoms with Gasteiger partial charge in [0.15, 0.2) is 0 Å². The molecule has 4 nitrogen and oxygen atoms in total. The number of rotatable bonds is 3. The number of urea groups is 1. The number of amides is 2. The van der Waals surface area contributed by atoms with E-state index in [-0.39, 0.29) is 12.1 Å². The molecule has 0 saturated carbocycles. The highest BCUT2D eigenvalue weighted by Gasteiger charge is 2.27. The first kappa shape index (κ1) is 16.9. The topological polar surface area (TPSA) is 35.6 Å². The van der Waals surface area contributed by atoms with E-state index < -0.39 is 0 Å². The SMILES string of the molecule is O=C(NC1CCN(Cc2ccc(Cl)s2)CC1)N1CCc2ccccc21. The van der Waals surface area contributed by atoms with Crippen LogP contribution in [0.25, 0.3) is 0 Å². The molecular formula is C19H22ClN3OS. The average molecular weight is 376 g/mol. The molecule has 0 aliphatic carbocycles. The molecule has 1 N–H and O–H groups in total. The van der Waals surface area contributed by atoms with Crippen molar-refractivity contribution >= 4 is 34.7 Å². The molecule has 1 aromatic carbocycles. The number of anilines is 1. The van der Waals surface area contributed by atoms with Crippen molar-refractivity contribution in [2.45, 2.75) is 31.8 Å². The fourth-order valence-electron chi connectivity index (χ4n) is 3.69. The second-order valence-electron chi connectivity index (χ2n) is 6.74.